The number of anilines is 1. The lowest BCUT2D eigenvalue weighted by Gasteiger charge is -2.34. The first-order valence-electron chi connectivity index (χ1n) is 9.54. The molecule has 2 aromatic heterocycles. The van der Waals surface area contributed by atoms with Crippen LogP contribution in [0.15, 0.2) is 34.9 Å². The molecule has 0 atom stereocenters. The molecule has 11 heteroatoms. The number of halogens is 1. The Labute approximate surface area is 175 Å². The number of aromatic nitrogens is 4. The first-order chi connectivity index (χ1) is 14.4. The highest BCUT2D eigenvalue weighted by Crippen LogP contribution is 2.27. The van der Waals surface area contributed by atoms with E-state index in [-0.39, 0.29) is 24.5 Å². The first-order valence-corrected chi connectivity index (χ1v) is 11.1. The minimum atomic E-state index is -3.21. The summed E-state index contributed by atoms with van der Waals surface area (Å²) in [6.45, 7) is 5.18. The molecule has 4 rings (SSSR count). The van der Waals surface area contributed by atoms with Crippen molar-refractivity contribution < 1.29 is 18.7 Å². The fourth-order valence-corrected chi connectivity index (χ4v) is 4.32. The van der Waals surface area contributed by atoms with E-state index in [0.717, 1.165) is 0 Å². The van der Waals surface area contributed by atoms with Crippen LogP contribution < -0.4 is 4.90 Å². The Balaban J connectivity index is 0.00000272. The average Bonchev–Trinajstić information content (AvgIpc) is 3.24. The van der Waals surface area contributed by atoms with Crippen LogP contribution in [0, 0.1) is 12.7 Å². The molecule has 1 saturated heterocycles. The largest absolute Gasteiger partial charge is 0.414 e. The number of hydrogen-bond acceptors (Lipinski definition) is 8. The van der Waals surface area contributed by atoms with Crippen LogP contribution in [-0.2, 0) is 10.0 Å². The van der Waals surface area contributed by atoms with E-state index >= 15 is 0 Å². The molecular weight excluding hydrogens is 411 g/mol. The van der Waals surface area contributed by atoms with Crippen LogP contribution in [0.3, 0.4) is 0 Å². The maximum atomic E-state index is 14.0. The van der Waals surface area contributed by atoms with Crippen molar-refractivity contribution in [3.05, 3.63) is 42.0 Å². The predicted octanol–water partition coefficient (Wildman–Crippen LogP) is 2.36. The average molecular weight is 434 g/mol. The van der Waals surface area contributed by atoms with Gasteiger partial charge in [0.25, 0.3) is 11.8 Å². The predicted molar refractivity (Wildman–Crippen MR) is 111 cm³/mol. The molecule has 0 unspecified atom stereocenters. The van der Waals surface area contributed by atoms with Crippen molar-refractivity contribution in [2.45, 2.75) is 13.8 Å². The minimum absolute atomic E-state index is 0. The van der Waals surface area contributed by atoms with Crippen molar-refractivity contribution in [3.63, 3.8) is 0 Å². The van der Waals surface area contributed by atoms with Crippen LogP contribution >= 0.6 is 0 Å². The Kier molecular flexibility index (Phi) is 5.48. The molecule has 0 N–H and O–H groups in total. The van der Waals surface area contributed by atoms with Crippen molar-refractivity contribution in [1.29, 1.82) is 0 Å². The topological polar surface area (TPSA) is 105 Å². The van der Waals surface area contributed by atoms with E-state index in [0.29, 0.717) is 43.4 Å². The zero-order chi connectivity index (χ0) is 21.3. The standard InChI is InChI=1S/C19H21FN6O3S.H2/c1-3-30(27,28)26-10-8-25(9-11-26)16-12-21-13(2)17(22-16)19-24-23-18(29-19)14-6-4-5-7-15(14)20;/h4-7,12H,3,8-11H2,1-2H3;1H. The summed E-state index contributed by atoms with van der Waals surface area (Å²) in [5.74, 6) is 0.433. The van der Waals surface area contributed by atoms with Gasteiger partial charge in [-0.15, -0.1) is 10.2 Å². The Morgan fingerprint density at radius 2 is 1.83 bits per heavy atom. The molecule has 0 saturated carbocycles. The van der Waals surface area contributed by atoms with Gasteiger partial charge in [-0.05, 0) is 26.0 Å². The highest BCUT2D eigenvalue weighted by molar-refractivity contribution is 7.89. The van der Waals surface area contributed by atoms with Crippen LogP contribution in [0.4, 0.5) is 10.2 Å². The molecule has 1 fully saturated rings. The molecule has 160 valence electrons. The Bertz CT molecular complexity index is 1160. The van der Waals surface area contributed by atoms with E-state index in [4.69, 9.17) is 4.42 Å². The van der Waals surface area contributed by atoms with Gasteiger partial charge >= 0.3 is 0 Å². The zero-order valence-electron chi connectivity index (χ0n) is 16.6. The third kappa shape index (κ3) is 3.90. The summed E-state index contributed by atoms with van der Waals surface area (Å²) in [4.78, 5) is 10.9. The molecular formula is C19H23FN6O3S. The fraction of sp³-hybridized carbons (Fsp3) is 0.368. The summed E-state index contributed by atoms with van der Waals surface area (Å²) in [7, 11) is -3.21. The normalized spacial score (nSPS) is 15.5. The summed E-state index contributed by atoms with van der Waals surface area (Å²) >= 11 is 0. The van der Waals surface area contributed by atoms with E-state index in [1.54, 1.807) is 38.2 Å². The van der Waals surface area contributed by atoms with E-state index in [1.807, 2.05) is 4.90 Å². The third-order valence-electron chi connectivity index (χ3n) is 5.00. The molecule has 1 aliphatic heterocycles. The van der Waals surface area contributed by atoms with Gasteiger partial charge in [-0.1, -0.05) is 12.1 Å². The summed E-state index contributed by atoms with van der Waals surface area (Å²) in [6.07, 6.45) is 1.64. The maximum Gasteiger partial charge on any atom is 0.268 e. The van der Waals surface area contributed by atoms with E-state index in [9.17, 15) is 12.8 Å². The van der Waals surface area contributed by atoms with Crippen LogP contribution in [0.1, 0.15) is 14.0 Å². The highest BCUT2D eigenvalue weighted by atomic mass is 32.2. The molecule has 1 aliphatic rings. The van der Waals surface area contributed by atoms with Crippen molar-refractivity contribution >= 4 is 15.8 Å². The lowest BCUT2D eigenvalue weighted by Crippen LogP contribution is -2.49. The Hall–Kier alpha value is -2.92. The van der Waals surface area contributed by atoms with Crippen LogP contribution in [0.5, 0.6) is 0 Å². The molecule has 0 amide bonds. The summed E-state index contributed by atoms with van der Waals surface area (Å²) in [5.41, 5.74) is 1.21. The number of aryl methyl sites for hydroxylation is 1. The van der Waals surface area contributed by atoms with Crippen molar-refractivity contribution in [1.82, 2.24) is 24.5 Å². The van der Waals surface area contributed by atoms with Crippen molar-refractivity contribution in [2.75, 3.05) is 36.8 Å². The molecule has 3 aromatic rings. The lowest BCUT2D eigenvalue weighted by atomic mass is 10.2. The number of sulfonamides is 1. The van der Waals surface area contributed by atoms with Gasteiger partial charge in [0.05, 0.1) is 23.2 Å². The summed E-state index contributed by atoms with van der Waals surface area (Å²) in [6, 6.07) is 6.15. The molecule has 9 nitrogen and oxygen atoms in total. The molecule has 1 aromatic carbocycles. The summed E-state index contributed by atoms with van der Waals surface area (Å²) in [5, 5.41) is 7.96. The second-order valence-electron chi connectivity index (χ2n) is 6.84. The van der Waals surface area contributed by atoms with Crippen LogP contribution in [0.2, 0.25) is 0 Å². The van der Waals surface area contributed by atoms with Gasteiger partial charge < -0.3 is 9.32 Å². The first kappa shape index (κ1) is 20.4. The molecule has 3 heterocycles. The molecule has 0 spiro atoms. The number of piperazine rings is 1. The second-order valence-corrected chi connectivity index (χ2v) is 9.10. The SMILES string of the molecule is CCS(=O)(=O)N1CCN(c2cnc(C)c(-c3nnc(-c4ccccc4F)o3)n2)CC1.[HH]. The van der Waals surface area contributed by atoms with E-state index in [2.05, 4.69) is 20.2 Å². The zero-order valence-corrected chi connectivity index (χ0v) is 17.4. The third-order valence-corrected chi connectivity index (χ3v) is 6.88. The Morgan fingerprint density at radius 1 is 1.13 bits per heavy atom. The maximum absolute atomic E-state index is 14.0. The van der Waals surface area contributed by atoms with Gasteiger partial charge in [-0.25, -0.2) is 17.8 Å². The van der Waals surface area contributed by atoms with Gasteiger partial charge in [-0.2, -0.15) is 4.31 Å². The van der Waals surface area contributed by atoms with Gasteiger partial charge in [0, 0.05) is 27.6 Å². The minimum Gasteiger partial charge on any atom is -0.414 e. The number of rotatable bonds is 5. The van der Waals surface area contributed by atoms with Gasteiger partial charge in [0.2, 0.25) is 10.0 Å². The smallest absolute Gasteiger partial charge is 0.268 e. The number of hydrogen-bond donors (Lipinski definition) is 0. The quantitative estimate of drug-likeness (QED) is 0.603. The lowest BCUT2D eigenvalue weighted by molar-refractivity contribution is 0.384. The van der Waals surface area contributed by atoms with Gasteiger partial charge in [0.1, 0.15) is 11.6 Å². The number of benzene rings is 1. The van der Waals surface area contributed by atoms with Crippen molar-refractivity contribution in [2.24, 2.45) is 0 Å². The fourth-order valence-electron chi connectivity index (χ4n) is 3.24. The van der Waals surface area contributed by atoms with E-state index in [1.165, 1.54) is 10.4 Å². The van der Waals surface area contributed by atoms with Crippen molar-refractivity contribution in [3.8, 4) is 23.0 Å². The van der Waals surface area contributed by atoms with Gasteiger partial charge in [-0.3, -0.25) is 4.98 Å². The van der Waals surface area contributed by atoms with E-state index < -0.39 is 15.8 Å². The molecule has 0 bridgehead atoms. The van der Waals surface area contributed by atoms with Crippen LogP contribution in [0.25, 0.3) is 23.0 Å². The molecule has 30 heavy (non-hydrogen) atoms. The summed E-state index contributed by atoms with van der Waals surface area (Å²) < 4.78 is 45.3. The van der Waals surface area contributed by atoms with Gasteiger partial charge in [0.15, 0.2) is 5.69 Å². The molecule has 0 radical (unpaired) electrons. The highest BCUT2D eigenvalue weighted by Gasteiger charge is 2.27. The second kappa shape index (κ2) is 8.07. The monoisotopic (exact) mass is 434 g/mol. The van der Waals surface area contributed by atoms with Crippen LogP contribution in [-0.4, -0.2) is 64.8 Å². The molecule has 0 aliphatic carbocycles. The number of nitrogens with zero attached hydrogens (tertiary/aromatic N) is 6. The Morgan fingerprint density at radius 3 is 2.53 bits per heavy atom.